The molecule has 0 aliphatic carbocycles. The molecule has 1 aliphatic rings. The summed E-state index contributed by atoms with van der Waals surface area (Å²) in [5, 5.41) is 8.95. The van der Waals surface area contributed by atoms with Crippen molar-refractivity contribution in [1.82, 2.24) is 4.98 Å². The average molecular weight is 264 g/mol. The normalized spacial score (nSPS) is 16.7. The van der Waals surface area contributed by atoms with Gasteiger partial charge < -0.3 is 5.11 Å². The lowest BCUT2D eigenvalue weighted by Gasteiger charge is -2.25. The lowest BCUT2D eigenvalue weighted by Crippen LogP contribution is -2.42. The predicted molar refractivity (Wildman–Crippen MR) is 67.0 cm³/mol. The van der Waals surface area contributed by atoms with E-state index in [0.29, 0.717) is 22.9 Å². The summed E-state index contributed by atoms with van der Waals surface area (Å²) >= 11 is 1.18. The fourth-order valence-corrected chi connectivity index (χ4v) is 2.58. The first kappa shape index (κ1) is 12.7. The third kappa shape index (κ3) is 2.58. The molecular weight excluding hydrogens is 252 g/mol. The number of hydrogen-bond acceptors (Lipinski definition) is 5. The molecule has 2 amide bonds. The van der Waals surface area contributed by atoms with Crippen LogP contribution in [-0.2, 0) is 9.59 Å². The van der Waals surface area contributed by atoms with Crippen molar-refractivity contribution in [2.45, 2.75) is 19.8 Å². The Balaban J connectivity index is 2.23. The van der Waals surface area contributed by atoms with E-state index in [1.165, 1.54) is 17.5 Å². The van der Waals surface area contributed by atoms with E-state index in [4.69, 9.17) is 5.11 Å². The summed E-state index contributed by atoms with van der Waals surface area (Å²) in [6.45, 7) is 1.65. The molecule has 5 nitrogen and oxygen atoms in total. The van der Waals surface area contributed by atoms with Gasteiger partial charge in [-0.05, 0) is 5.92 Å². The van der Waals surface area contributed by atoms with Crippen molar-refractivity contribution in [2.24, 2.45) is 5.92 Å². The highest BCUT2D eigenvalue weighted by Crippen LogP contribution is 2.28. The molecule has 0 aromatic carbocycles. The molecule has 2 rings (SSSR count). The summed E-state index contributed by atoms with van der Waals surface area (Å²) in [6, 6.07) is 0. The number of thiazole rings is 1. The molecule has 6 heteroatoms. The van der Waals surface area contributed by atoms with Gasteiger partial charge in [0.05, 0.1) is 11.1 Å². The van der Waals surface area contributed by atoms with E-state index in [-0.39, 0.29) is 24.3 Å². The Labute approximate surface area is 108 Å². The number of nitrogens with zero attached hydrogens (tertiary/aromatic N) is 2. The van der Waals surface area contributed by atoms with Gasteiger partial charge in [-0.1, -0.05) is 30.1 Å². The molecule has 18 heavy (non-hydrogen) atoms. The minimum Gasteiger partial charge on any atom is -0.384 e. The molecule has 1 saturated heterocycles. The molecule has 0 atom stereocenters. The van der Waals surface area contributed by atoms with Crippen molar-refractivity contribution in [1.29, 1.82) is 0 Å². The van der Waals surface area contributed by atoms with Crippen LogP contribution in [0, 0.1) is 17.8 Å². The zero-order valence-electron chi connectivity index (χ0n) is 9.84. The molecule has 2 heterocycles. The highest BCUT2D eigenvalue weighted by molar-refractivity contribution is 7.16. The number of aliphatic hydroxyl groups excluding tert-OH is 1. The van der Waals surface area contributed by atoms with Crippen LogP contribution < -0.4 is 4.90 Å². The molecule has 0 bridgehead atoms. The van der Waals surface area contributed by atoms with Crippen molar-refractivity contribution in [3.63, 3.8) is 0 Å². The summed E-state index contributed by atoms with van der Waals surface area (Å²) in [7, 11) is 0. The van der Waals surface area contributed by atoms with E-state index in [0.717, 1.165) is 4.90 Å². The molecule has 0 saturated carbocycles. The first-order chi connectivity index (χ1) is 8.61. The van der Waals surface area contributed by atoms with Gasteiger partial charge in [0.1, 0.15) is 6.61 Å². The Bertz CT molecular complexity index is 523. The maximum Gasteiger partial charge on any atom is 0.235 e. The van der Waals surface area contributed by atoms with Crippen LogP contribution in [0.15, 0.2) is 6.20 Å². The lowest BCUT2D eigenvalue weighted by atomic mass is 9.98. The third-order valence-corrected chi connectivity index (χ3v) is 3.42. The van der Waals surface area contributed by atoms with Crippen molar-refractivity contribution in [2.75, 3.05) is 11.5 Å². The molecule has 1 N–H and O–H groups in total. The smallest absolute Gasteiger partial charge is 0.235 e. The van der Waals surface area contributed by atoms with Crippen LogP contribution in [0.5, 0.6) is 0 Å². The van der Waals surface area contributed by atoms with Crippen LogP contribution in [-0.4, -0.2) is 28.5 Å². The molecule has 1 aromatic heterocycles. The van der Waals surface area contributed by atoms with Crippen LogP contribution in [0.2, 0.25) is 0 Å². The second-order valence-electron chi connectivity index (χ2n) is 4.10. The highest BCUT2D eigenvalue weighted by Gasteiger charge is 2.33. The zero-order chi connectivity index (χ0) is 13.1. The Hall–Kier alpha value is -1.71. The summed E-state index contributed by atoms with van der Waals surface area (Å²) in [5.74, 6) is 4.86. The fraction of sp³-hybridized carbons (Fsp3) is 0.417. The van der Waals surface area contributed by atoms with Gasteiger partial charge in [0.2, 0.25) is 11.8 Å². The molecule has 94 valence electrons. The number of piperidine rings is 1. The van der Waals surface area contributed by atoms with Gasteiger partial charge in [-0.25, -0.2) is 9.88 Å². The van der Waals surface area contributed by atoms with Gasteiger partial charge in [0.25, 0.3) is 0 Å². The second kappa shape index (κ2) is 5.29. The largest absolute Gasteiger partial charge is 0.384 e. The number of carbonyl (C=O) groups excluding carboxylic acids is 2. The summed E-state index contributed by atoms with van der Waals surface area (Å²) in [5.41, 5.74) is 0. The van der Waals surface area contributed by atoms with Crippen LogP contribution in [0.1, 0.15) is 24.6 Å². The Morgan fingerprint density at radius 2 is 2.17 bits per heavy atom. The zero-order valence-corrected chi connectivity index (χ0v) is 10.7. The summed E-state index contributed by atoms with van der Waals surface area (Å²) in [6.07, 6.45) is 2.23. The highest BCUT2D eigenvalue weighted by atomic mass is 32.1. The number of anilines is 1. The van der Waals surface area contributed by atoms with Crippen molar-refractivity contribution >= 4 is 28.3 Å². The molecule has 0 unspecified atom stereocenters. The van der Waals surface area contributed by atoms with Crippen LogP contribution in [0.3, 0.4) is 0 Å². The average Bonchev–Trinajstić information content (AvgIpc) is 2.73. The van der Waals surface area contributed by atoms with E-state index in [2.05, 4.69) is 16.8 Å². The second-order valence-corrected chi connectivity index (χ2v) is 5.11. The maximum absolute atomic E-state index is 11.8. The predicted octanol–water partition coefficient (Wildman–Crippen LogP) is 0.776. The molecular formula is C12H12N2O3S. The Morgan fingerprint density at radius 1 is 1.50 bits per heavy atom. The van der Waals surface area contributed by atoms with Gasteiger partial charge >= 0.3 is 0 Å². The molecule has 0 spiro atoms. The number of aliphatic hydroxyl groups is 1. The van der Waals surface area contributed by atoms with Crippen molar-refractivity contribution < 1.29 is 14.7 Å². The number of imide groups is 1. The van der Waals surface area contributed by atoms with E-state index in [9.17, 15) is 9.59 Å². The lowest BCUT2D eigenvalue weighted by molar-refractivity contribution is -0.130. The molecule has 0 radical (unpaired) electrons. The molecule has 1 fully saturated rings. The van der Waals surface area contributed by atoms with Crippen LogP contribution in [0.25, 0.3) is 0 Å². The van der Waals surface area contributed by atoms with Crippen LogP contribution in [0.4, 0.5) is 5.13 Å². The SMILES string of the molecule is CC1CC(=O)N(c2ncc(C#CCO)s2)C(=O)C1. The van der Waals surface area contributed by atoms with Crippen LogP contribution >= 0.6 is 11.3 Å². The number of aromatic nitrogens is 1. The van der Waals surface area contributed by atoms with Gasteiger partial charge in [-0.3, -0.25) is 9.59 Å². The number of rotatable bonds is 1. The van der Waals surface area contributed by atoms with Gasteiger partial charge in [0, 0.05) is 12.8 Å². The quantitative estimate of drug-likeness (QED) is 0.601. The first-order valence-corrected chi connectivity index (χ1v) is 6.35. The van der Waals surface area contributed by atoms with Crippen molar-refractivity contribution in [3.8, 4) is 11.8 Å². The standard InChI is InChI=1S/C12H12N2O3S/c1-8-5-10(16)14(11(17)6-8)12-13-7-9(18-12)3-2-4-15/h7-8,15H,4-6H2,1H3. The minimum atomic E-state index is -0.230. The number of hydrogen-bond donors (Lipinski definition) is 1. The number of carbonyl (C=O) groups is 2. The molecule has 1 aliphatic heterocycles. The van der Waals surface area contributed by atoms with Gasteiger partial charge in [-0.2, -0.15) is 0 Å². The maximum atomic E-state index is 11.8. The summed E-state index contributed by atoms with van der Waals surface area (Å²) < 4.78 is 0. The first-order valence-electron chi connectivity index (χ1n) is 5.53. The Morgan fingerprint density at radius 3 is 2.78 bits per heavy atom. The van der Waals surface area contributed by atoms with Gasteiger partial charge in [-0.15, -0.1) is 0 Å². The van der Waals surface area contributed by atoms with E-state index >= 15 is 0 Å². The summed E-state index contributed by atoms with van der Waals surface area (Å²) in [4.78, 5) is 29.5. The van der Waals surface area contributed by atoms with E-state index in [1.807, 2.05) is 6.92 Å². The monoisotopic (exact) mass is 264 g/mol. The minimum absolute atomic E-state index is 0.0925. The molecule has 1 aromatic rings. The van der Waals surface area contributed by atoms with Gasteiger partial charge in [0.15, 0.2) is 5.13 Å². The topological polar surface area (TPSA) is 70.5 Å². The van der Waals surface area contributed by atoms with E-state index in [1.54, 1.807) is 0 Å². The van der Waals surface area contributed by atoms with Crippen molar-refractivity contribution in [3.05, 3.63) is 11.1 Å². The van der Waals surface area contributed by atoms with E-state index < -0.39 is 0 Å². The fourth-order valence-electron chi connectivity index (χ4n) is 1.76. The third-order valence-electron chi connectivity index (χ3n) is 2.52. The Kier molecular flexibility index (Phi) is 3.75. The number of amides is 2.